The van der Waals surface area contributed by atoms with Crippen LogP contribution in [0.4, 0.5) is 15.8 Å². The Kier molecular flexibility index (Phi) is 7.14. The summed E-state index contributed by atoms with van der Waals surface area (Å²) in [5.74, 6) is 0.521. The number of morpholine rings is 1. The number of nitrogens with one attached hydrogen (secondary N) is 2. The second kappa shape index (κ2) is 10.2. The summed E-state index contributed by atoms with van der Waals surface area (Å²) in [5.41, 5.74) is 2.65. The molecule has 4 rings (SSSR count). The molecular formula is C23H29ClFN5O. The molecule has 1 atom stereocenters. The fourth-order valence-electron chi connectivity index (χ4n) is 4.08. The summed E-state index contributed by atoms with van der Waals surface area (Å²) in [7, 11) is 1.75. The molecule has 2 aliphatic heterocycles. The molecule has 1 unspecified atom stereocenters. The summed E-state index contributed by atoms with van der Waals surface area (Å²) >= 11 is 6.12. The van der Waals surface area contributed by atoms with Crippen LogP contribution in [-0.2, 0) is 11.3 Å². The minimum atomic E-state index is -0.197. The van der Waals surface area contributed by atoms with Crippen LogP contribution in [0.3, 0.4) is 0 Å². The lowest BCUT2D eigenvalue weighted by molar-refractivity contribution is 0.122. The maximum atomic E-state index is 14.6. The van der Waals surface area contributed by atoms with Crippen LogP contribution in [0.5, 0.6) is 0 Å². The quantitative estimate of drug-likeness (QED) is 0.546. The summed E-state index contributed by atoms with van der Waals surface area (Å²) in [6.45, 7) is 5.07. The van der Waals surface area contributed by atoms with Crippen LogP contribution in [0.2, 0.25) is 5.02 Å². The highest BCUT2D eigenvalue weighted by Gasteiger charge is 2.23. The third-order valence-corrected chi connectivity index (χ3v) is 5.98. The van der Waals surface area contributed by atoms with E-state index < -0.39 is 0 Å². The third kappa shape index (κ3) is 5.60. The van der Waals surface area contributed by atoms with Crippen LogP contribution in [0.1, 0.15) is 12.0 Å². The van der Waals surface area contributed by atoms with Gasteiger partial charge in [-0.15, -0.1) is 0 Å². The van der Waals surface area contributed by atoms with Crippen LogP contribution >= 0.6 is 11.6 Å². The molecule has 2 fully saturated rings. The molecule has 0 spiro atoms. The first-order chi connectivity index (χ1) is 15.1. The number of ether oxygens (including phenoxy) is 1. The van der Waals surface area contributed by atoms with E-state index in [-0.39, 0.29) is 11.9 Å². The number of rotatable bonds is 5. The van der Waals surface area contributed by atoms with Gasteiger partial charge in [0.15, 0.2) is 5.96 Å². The first kappa shape index (κ1) is 21.7. The van der Waals surface area contributed by atoms with Crippen LogP contribution in [-0.4, -0.2) is 58.4 Å². The molecule has 2 saturated heterocycles. The van der Waals surface area contributed by atoms with Gasteiger partial charge in [0.1, 0.15) is 5.82 Å². The van der Waals surface area contributed by atoms with Gasteiger partial charge in [-0.1, -0.05) is 23.7 Å². The number of anilines is 2. The van der Waals surface area contributed by atoms with Gasteiger partial charge < -0.3 is 25.2 Å². The van der Waals surface area contributed by atoms with Crippen molar-refractivity contribution < 1.29 is 9.13 Å². The van der Waals surface area contributed by atoms with E-state index in [9.17, 15) is 4.39 Å². The first-order valence-electron chi connectivity index (χ1n) is 10.7. The smallest absolute Gasteiger partial charge is 0.191 e. The molecule has 0 amide bonds. The average molecular weight is 446 g/mol. The number of aliphatic imine (C=N–C) groups is 1. The average Bonchev–Trinajstić information content (AvgIpc) is 3.26. The van der Waals surface area contributed by atoms with Crippen LogP contribution in [0.15, 0.2) is 47.5 Å². The topological polar surface area (TPSA) is 52.1 Å². The number of hydrogen-bond donors (Lipinski definition) is 2. The maximum Gasteiger partial charge on any atom is 0.191 e. The molecule has 8 heteroatoms. The van der Waals surface area contributed by atoms with E-state index in [2.05, 4.69) is 26.6 Å². The van der Waals surface area contributed by atoms with Crippen molar-refractivity contribution in [3.8, 4) is 0 Å². The fraction of sp³-hybridized carbons (Fsp3) is 0.435. The van der Waals surface area contributed by atoms with Gasteiger partial charge in [-0.05, 0) is 42.3 Å². The molecule has 0 saturated carbocycles. The lowest BCUT2D eigenvalue weighted by Gasteiger charge is -2.29. The highest BCUT2D eigenvalue weighted by Crippen LogP contribution is 2.24. The van der Waals surface area contributed by atoms with Gasteiger partial charge in [-0.2, -0.15) is 0 Å². The van der Waals surface area contributed by atoms with Crippen molar-refractivity contribution in [1.29, 1.82) is 0 Å². The van der Waals surface area contributed by atoms with Crippen molar-refractivity contribution in [2.24, 2.45) is 4.99 Å². The highest BCUT2D eigenvalue weighted by atomic mass is 35.5. The fourth-order valence-corrected chi connectivity index (χ4v) is 4.26. The van der Waals surface area contributed by atoms with E-state index >= 15 is 0 Å². The minimum Gasteiger partial charge on any atom is -0.378 e. The molecule has 2 aromatic rings. The molecule has 31 heavy (non-hydrogen) atoms. The summed E-state index contributed by atoms with van der Waals surface area (Å²) in [6, 6.07) is 13.6. The van der Waals surface area contributed by atoms with Crippen molar-refractivity contribution in [3.63, 3.8) is 0 Å². The number of hydrogen-bond acceptors (Lipinski definition) is 4. The monoisotopic (exact) mass is 445 g/mol. The summed E-state index contributed by atoms with van der Waals surface area (Å²) in [4.78, 5) is 8.68. The zero-order chi connectivity index (χ0) is 21.6. The van der Waals surface area contributed by atoms with Crippen LogP contribution in [0.25, 0.3) is 0 Å². The Balaban J connectivity index is 1.29. The molecule has 0 aliphatic carbocycles. The number of guanidine groups is 1. The van der Waals surface area contributed by atoms with Gasteiger partial charge in [0.05, 0.1) is 18.9 Å². The predicted molar refractivity (Wildman–Crippen MR) is 125 cm³/mol. The lowest BCUT2D eigenvalue weighted by Crippen LogP contribution is -2.44. The van der Waals surface area contributed by atoms with Gasteiger partial charge in [-0.25, -0.2) is 4.39 Å². The van der Waals surface area contributed by atoms with Crippen molar-refractivity contribution >= 4 is 28.9 Å². The van der Waals surface area contributed by atoms with Crippen molar-refractivity contribution in [3.05, 3.63) is 58.9 Å². The number of nitrogens with zero attached hydrogens (tertiary/aromatic N) is 3. The van der Waals surface area contributed by atoms with Gasteiger partial charge in [0.25, 0.3) is 0 Å². The Hall–Kier alpha value is -2.51. The molecule has 2 N–H and O–H groups in total. The Morgan fingerprint density at radius 2 is 2.00 bits per heavy atom. The molecule has 2 heterocycles. The molecule has 0 radical (unpaired) electrons. The first-order valence-corrected chi connectivity index (χ1v) is 11.1. The van der Waals surface area contributed by atoms with Gasteiger partial charge >= 0.3 is 0 Å². The molecular weight excluding hydrogens is 417 g/mol. The summed E-state index contributed by atoms with van der Waals surface area (Å²) < 4.78 is 20.0. The molecule has 2 aliphatic rings. The zero-order valence-corrected chi connectivity index (χ0v) is 18.5. The molecule has 6 nitrogen and oxygen atoms in total. The maximum absolute atomic E-state index is 14.6. The van der Waals surface area contributed by atoms with Crippen LogP contribution < -0.4 is 20.4 Å². The Bertz CT molecular complexity index is 919. The number of benzene rings is 2. The minimum absolute atomic E-state index is 0.197. The second-order valence-corrected chi connectivity index (χ2v) is 8.30. The highest BCUT2D eigenvalue weighted by molar-refractivity contribution is 6.30. The third-order valence-electron chi connectivity index (χ3n) is 5.75. The van der Waals surface area contributed by atoms with E-state index in [1.54, 1.807) is 13.1 Å². The largest absolute Gasteiger partial charge is 0.378 e. The number of halogens is 2. The summed E-state index contributed by atoms with van der Waals surface area (Å²) in [6.07, 6.45) is 1.01. The van der Waals surface area contributed by atoms with Crippen molar-refractivity contribution in [1.82, 2.24) is 10.6 Å². The van der Waals surface area contributed by atoms with Gasteiger partial charge in [-0.3, -0.25) is 4.99 Å². The SMILES string of the molecule is CN=C(NCc1ccc(N2CCOCC2)c(F)c1)NC1CCN(c2cccc(Cl)c2)C1. The van der Waals surface area contributed by atoms with E-state index in [4.69, 9.17) is 16.3 Å². The van der Waals surface area contributed by atoms with Crippen molar-refractivity contribution in [2.75, 3.05) is 56.2 Å². The zero-order valence-electron chi connectivity index (χ0n) is 17.8. The molecule has 166 valence electrons. The standard InChI is InChI=1S/C23H29ClFN5O/c1-26-23(28-19-7-8-30(16-19)20-4-2-3-18(24)14-20)27-15-17-5-6-22(21(25)13-17)29-9-11-31-12-10-29/h2-6,13-14,19H,7-12,15-16H2,1H3,(H2,26,27,28). The normalized spacial score (nSPS) is 19.6. The van der Waals surface area contributed by atoms with Crippen LogP contribution in [0, 0.1) is 5.82 Å². The summed E-state index contributed by atoms with van der Waals surface area (Å²) in [5, 5.41) is 7.53. The molecule has 0 aromatic heterocycles. The Labute approximate surface area is 188 Å². The lowest BCUT2D eigenvalue weighted by atomic mass is 10.1. The predicted octanol–water partition coefficient (Wildman–Crippen LogP) is 3.26. The Morgan fingerprint density at radius 3 is 2.74 bits per heavy atom. The van der Waals surface area contributed by atoms with E-state index in [1.807, 2.05) is 35.2 Å². The van der Waals surface area contributed by atoms with E-state index in [1.165, 1.54) is 0 Å². The Morgan fingerprint density at radius 1 is 1.16 bits per heavy atom. The second-order valence-electron chi connectivity index (χ2n) is 7.87. The van der Waals surface area contributed by atoms with Gasteiger partial charge in [0, 0.05) is 56.5 Å². The van der Waals surface area contributed by atoms with E-state index in [0.29, 0.717) is 25.4 Å². The van der Waals surface area contributed by atoms with E-state index in [0.717, 1.165) is 54.8 Å². The molecule has 2 aromatic carbocycles. The van der Waals surface area contributed by atoms with Crippen molar-refractivity contribution in [2.45, 2.75) is 19.0 Å². The molecule has 0 bridgehead atoms. The van der Waals surface area contributed by atoms with Gasteiger partial charge in [0.2, 0.25) is 0 Å².